The molecule has 0 aliphatic carbocycles. The topological polar surface area (TPSA) is 57.6 Å². The second-order valence-corrected chi connectivity index (χ2v) is 5.18. The van der Waals surface area contributed by atoms with E-state index in [9.17, 15) is 8.42 Å². The fourth-order valence-corrected chi connectivity index (χ4v) is 3.27. The monoisotopic (exact) mass is 193 g/mol. The highest BCUT2D eigenvalue weighted by Crippen LogP contribution is 2.18. The summed E-state index contributed by atoms with van der Waals surface area (Å²) in [6.45, 7) is 2.50. The Kier molecular flexibility index (Phi) is 3.09. The van der Waals surface area contributed by atoms with Crippen LogP contribution in [0.25, 0.3) is 0 Å². The van der Waals surface area contributed by atoms with Gasteiger partial charge in [-0.25, -0.2) is 8.42 Å². The quantitative estimate of drug-likeness (QED) is 0.675. The minimum atomic E-state index is -2.99. The number of sulfonamides is 1. The van der Waals surface area contributed by atoms with Crippen LogP contribution in [0.5, 0.6) is 0 Å². The van der Waals surface area contributed by atoms with Crippen molar-refractivity contribution >= 4 is 10.0 Å². The zero-order valence-corrected chi connectivity index (χ0v) is 8.05. The highest BCUT2D eigenvalue weighted by Gasteiger charge is 2.31. The smallest absolute Gasteiger partial charge is 0.214 e. The molecule has 1 fully saturated rings. The van der Waals surface area contributed by atoms with Gasteiger partial charge in [-0.3, -0.25) is 0 Å². The van der Waals surface area contributed by atoms with Crippen LogP contribution in [0.3, 0.4) is 0 Å². The van der Waals surface area contributed by atoms with E-state index >= 15 is 0 Å². The van der Waals surface area contributed by atoms with Crippen molar-refractivity contribution in [1.29, 1.82) is 0 Å². The summed E-state index contributed by atoms with van der Waals surface area (Å²) in [5.41, 5.74) is 0. The summed E-state index contributed by atoms with van der Waals surface area (Å²) >= 11 is 0. The standard InChI is InChI=1S/C7H15NO3S/c1-7(3-5-9)8-4-2-6-12(8,10)11/h7,9H,2-6H2,1H3. The van der Waals surface area contributed by atoms with E-state index in [0.717, 1.165) is 6.42 Å². The van der Waals surface area contributed by atoms with Crippen LogP contribution in [0, 0.1) is 0 Å². The molecule has 0 amide bonds. The molecule has 72 valence electrons. The maximum absolute atomic E-state index is 11.3. The first kappa shape index (κ1) is 9.95. The van der Waals surface area contributed by atoms with Crippen molar-refractivity contribution in [2.75, 3.05) is 18.9 Å². The number of hydrogen-bond acceptors (Lipinski definition) is 3. The summed E-state index contributed by atoms with van der Waals surface area (Å²) in [7, 11) is -2.99. The molecule has 4 nitrogen and oxygen atoms in total. The van der Waals surface area contributed by atoms with E-state index in [1.54, 1.807) is 0 Å². The molecule has 1 saturated heterocycles. The normalized spacial score (nSPS) is 25.8. The van der Waals surface area contributed by atoms with Crippen molar-refractivity contribution in [3.8, 4) is 0 Å². The summed E-state index contributed by atoms with van der Waals surface area (Å²) in [4.78, 5) is 0. The van der Waals surface area contributed by atoms with Gasteiger partial charge in [0.15, 0.2) is 0 Å². The molecule has 0 saturated carbocycles. The summed E-state index contributed by atoms with van der Waals surface area (Å²) < 4.78 is 24.1. The van der Waals surface area contributed by atoms with Gasteiger partial charge in [-0.2, -0.15) is 4.31 Å². The fourth-order valence-electron chi connectivity index (χ4n) is 1.48. The van der Waals surface area contributed by atoms with Crippen LogP contribution in [-0.2, 0) is 10.0 Å². The number of aliphatic hydroxyl groups excluding tert-OH is 1. The second kappa shape index (κ2) is 3.72. The second-order valence-electron chi connectivity index (χ2n) is 3.14. The van der Waals surface area contributed by atoms with Crippen LogP contribution in [0.15, 0.2) is 0 Å². The third-order valence-corrected chi connectivity index (χ3v) is 4.24. The Bertz CT molecular complexity index is 237. The molecule has 1 unspecified atom stereocenters. The average Bonchev–Trinajstić information content (AvgIpc) is 2.30. The predicted octanol–water partition coefficient (Wildman–Crippen LogP) is -0.207. The molecule has 0 bridgehead atoms. The lowest BCUT2D eigenvalue weighted by atomic mass is 10.2. The Morgan fingerprint density at radius 1 is 1.58 bits per heavy atom. The van der Waals surface area contributed by atoms with Gasteiger partial charge in [-0.05, 0) is 19.8 Å². The van der Waals surface area contributed by atoms with Gasteiger partial charge in [0.25, 0.3) is 0 Å². The van der Waals surface area contributed by atoms with E-state index < -0.39 is 10.0 Å². The molecule has 1 atom stereocenters. The van der Waals surface area contributed by atoms with Crippen LogP contribution in [0.1, 0.15) is 19.8 Å². The van der Waals surface area contributed by atoms with Crippen molar-refractivity contribution in [2.24, 2.45) is 0 Å². The Morgan fingerprint density at radius 3 is 2.67 bits per heavy atom. The first-order valence-electron chi connectivity index (χ1n) is 4.18. The molecule has 1 aliphatic heterocycles. The summed E-state index contributed by atoms with van der Waals surface area (Å²) in [6, 6.07) is -0.0532. The molecule has 1 heterocycles. The Hall–Kier alpha value is -0.130. The van der Waals surface area contributed by atoms with Crippen molar-refractivity contribution in [2.45, 2.75) is 25.8 Å². The van der Waals surface area contributed by atoms with E-state index in [2.05, 4.69) is 0 Å². The van der Waals surface area contributed by atoms with E-state index in [1.165, 1.54) is 4.31 Å². The van der Waals surface area contributed by atoms with Gasteiger partial charge in [-0.15, -0.1) is 0 Å². The zero-order valence-electron chi connectivity index (χ0n) is 7.23. The lowest BCUT2D eigenvalue weighted by molar-refractivity contribution is 0.239. The van der Waals surface area contributed by atoms with Crippen LogP contribution in [0.4, 0.5) is 0 Å². The maximum Gasteiger partial charge on any atom is 0.214 e. The molecule has 0 aromatic heterocycles. The predicted molar refractivity (Wildman–Crippen MR) is 46.3 cm³/mol. The molecule has 0 aromatic rings. The fraction of sp³-hybridized carbons (Fsp3) is 1.00. The van der Waals surface area contributed by atoms with Gasteiger partial charge in [0.1, 0.15) is 0 Å². The summed E-state index contributed by atoms with van der Waals surface area (Å²) in [5.74, 6) is 0.267. The first-order chi connectivity index (χ1) is 5.58. The molecule has 12 heavy (non-hydrogen) atoms. The lowest BCUT2D eigenvalue weighted by Crippen LogP contribution is -2.35. The maximum atomic E-state index is 11.3. The van der Waals surface area contributed by atoms with Crippen LogP contribution in [0.2, 0.25) is 0 Å². The Balaban J connectivity index is 2.62. The molecular formula is C7H15NO3S. The number of hydrogen-bond donors (Lipinski definition) is 1. The van der Waals surface area contributed by atoms with Gasteiger partial charge in [0, 0.05) is 19.2 Å². The third kappa shape index (κ3) is 1.97. The first-order valence-corrected chi connectivity index (χ1v) is 5.79. The highest BCUT2D eigenvalue weighted by atomic mass is 32.2. The van der Waals surface area contributed by atoms with Gasteiger partial charge in [-0.1, -0.05) is 0 Å². The highest BCUT2D eigenvalue weighted by molar-refractivity contribution is 7.89. The van der Waals surface area contributed by atoms with E-state index in [4.69, 9.17) is 5.11 Å². The number of nitrogens with zero attached hydrogens (tertiary/aromatic N) is 1. The Morgan fingerprint density at radius 2 is 2.25 bits per heavy atom. The molecule has 1 rings (SSSR count). The summed E-state index contributed by atoms with van der Waals surface area (Å²) in [6.07, 6.45) is 1.25. The van der Waals surface area contributed by atoms with Gasteiger partial charge in [0.2, 0.25) is 10.0 Å². The molecule has 5 heteroatoms. The van der Waals surface area contributed by atoms with E-state index in [-0.39, 0.29) is 18.4 Å². The molecule has 0 aromatic carbocycles. The van der Waals surface area contributed by atoms with Gasteiger partial charge >= 0.3 is 0 Å². The average molecular weight is 193 g/mol. The minimum Gasteiger partial charge on any atom is -0.396 e. The van der Waals surface area contributed by atoms with Crippen molar-refractivity contribution in [3.05, 3.63) is 0 Å². The molecule has 1 N–H and O–H groups in total. The van der Waals surface area contributed by atoms with Crippen LogP contribution < -0.4 is 0 Å². The summed E-state index contributed by atoms with van der Waals surface area (Å²) in [5, 5.41) is 8.65. The SMILES string of the molecule is CC(CCO)N1CCCS1(=O)=O. The van der Waals surface area contributed by atoms with Gasteiger partial charge < -0.3 is 5.11 Å². The molecule has 0 radical (unpaired) electrons. The molecule has 1 aliphatic rings. The molecular weight excluding hydrogens is 178 g/mol. The van der Waals surface area contributed by atoms with E-state index in [0.29, 0.717) is 13.0 Å². The van der Waals surface area contributed by atoms with E-state index in [1.807, 2.05) is 6.92 Å². The number of aliphatic hydroxyl groups is 1. The zero-order chi connectivity index (χ0) is 9.19. The van der Waals surface area contributed by atoms with Crippen LogP contribution in [-0.4, -0.2) is 42.8 Å². The van der Waals surface area contributed by atoms with Crippen molar-refractivity contribution in [1.82, 2.24) is 4.31 Å². The number of rotatable bonds is 3. The third-order valence-electron chi connectivity index (χ3n) is 2.18. The largest absolute Gasteiger partial charge is 0.396 e. The van der Waals surface area contributed by atoms with Gasteiger partial charge in [0.05, 0.1) is 5.75 Å². The lowest BCUT2D eigenvalue weighted by Gasteiger charge is -2.21. The molecule has 0 spiro atoms. The van der Waals surface area contributed by atoms with Crippen LogP contribution >= 0.6 is 0 Å². The Labute approximate surface area is 73.2 Å². The van der Waals surface area contributed by atoms with Crippen molar-refractivity contribution in [3.63, 3.8) is 0 Å². The minimum absolute atomic E-state index is 0.0488. The van der Waals surface area contributed by atoms with Crippen molar-refractivity contribution < 1.29 is 13.5 Å².